The van der Waals surface area contributed by atoms with Gasteiger partial charge in [0.05, 0.1) is 0 Å². The van der Waals surface area contributed by atoms with Crippen LogP contribution in [0.2, 0.25) is 0 Å². The van der Waals surface area contributed by atoms with Gasteiger partial charge in [-0.05, 0) is 59.9 Å². The Morgan fingerprint density at radius 3 is 2.05 bits per heavy atom. The average molecular weight is 535 g/mol. The molecular weight excluding hydrogens is 492 g/mol. The van der Waals surface area contributed by atoms with Gasteiger partial charge in [0.15, 0.2) is 6.23 Å². The second-order valence-corrected chi connectivity index (χ2v) is 12.4. The molecule has 1 aromatic carbocycles. The van der Waals surface area contributed by atoms with Crippen molar-refractivity contribution in [3.63, 3.8) is 0 Å². The molecule has 2 amide bonds. The topological polar surface area (TPSA) is 120 Å². The molecule has 1 saturated heterocycles. The molecule has 0 bridgehead atoms. The maximum absolute atomic E-state index is 13.2. The van der Waals surface area contributed by atoms with Crippen molar-refractivity contribution in [2.75, 3.05) is 0 Å². The Morgan fingerprint density at radius 2 is 1.53 bits per heavy atom. The molecule has 2 rings (SSSR count). The molecule has 10 nitrogen and oxygen atoms in total. The molecule has 0 spiro atoms. The fourth-order valence-corrected chi connectivity index (χ4v) is 3.79. The molecule has 0 radical (unpaired) electrons. The molecule has 1 aromatic rings. The lowest BCUT2D eigenvalue weighted by molar-refractivity contribution is -0.158. The number of hydrogen-bond acceptors (Lipinski definition) is 8. The maximum atomic E-state index is 13.2. The van der Waals surface area contributed by atoms with Crippen LogP contribution < -0.4 is 5.32 Å². The van der Waals surface area contributed by atoms with Gasteiger partial charge in [0.25, 0.3) is 0 Å². The number of ether oxygens (including phenoxy) is 4. The normalized spacial score (nSPS) is 18.9. The van der Waals surface area contributed by atoms with E-state index in [1.54, 1.807) is 41.5 Å². The number of rotatable bonds is 7. The number of cyclic esters (lactones) is 1. The van der Waals surface area contributed by atoms with Crippen LogP contribution >= 0.6 is 0 Å². The second kappa shape index (κ2) is 12.0. The van der Waals surface area contributed by atoms with E-state index < -0.39 is 59.1 Å². The van der Waals surface area contributed by atoms with Crippen molar-refractivity contribution in [1.82, 2.24) is 10.2 Å². The number of hydrogen-bond donors (Lipinski definition) is 1. The van der Waals surface area contributed by atoms with Gasteiger partial charge in [0.2, 0.25) is 0 Å². The number of amides is 2. The highest BCUT2D eigenvalue weighted by Crippen LogP contribution is 2.35. The summed E-state index contributed by atoms with van der Waals surface area (Å²) in [7, 11) is 0. The first-order valence-corrected chi connectivity index (χ1v) is 12.8. The standard InChI is InChI=1S/C28H42N2O8/c1-26(2,3)23-30(25(34)35-17-18-13-11-10-12-14-18)20(22(32)36-23)16-15-19(21(31)37-27(4,5)6)29-24(33)38-28(7,8)9/h10-14,19-20,23H,15-17H2,1-9H3,(H,29,33)/t19-,20-,23-/m0/s1. The van der Waals surface area contributed by atoms with Gasteiger partial charge in [-0.15, -0.1) is 0 Å². The monoisotopic (exact) mass is 534 g/mol. The molecule has 0 unspecified atom stereocenters. The number of alkyl carbamates (subject to hydrolysis) is 1. The van der Waals surface area contributed by atoms with Crippen LogP contribution in [-0.2, 0) is 35.1 Å². The third-order valence-electron chi connectivity index (χ3n) is 5.36. The summed E-state index contributed by atoms with van der Waals surface area (Å²) in [6.45, 7) is 15.8. The number of carbonyl (C=O) groups excluding carboxylic acids is 4. The van der Waals surface area contributed by atoms with Crippen molar-refractivity contribution in [1.29, 1.82) is 0 Å². The van der Waals surface area contributed by atoms with Gasteiger partial charge >= 0.3 is 24.1 Å². The number of nitrogens with zero attached hydrogens (tertiary/aromatic N) is 1. The van der Waals surface area contributed by atoms with E-state index >= 15 is 0 Å². The van der Waals surface area contributed by atoms with Gasteiger partial charge in [-0.1, -0.05) is 51.1 Å². The van der Waals surface area contributed by atoms with E-state index in [1.807, 2.05) is 51.1 Å². The van der Waals surface area contributed by atoms with Crippen molar-refractivity contribution in [2.24, 2.45) is 5.41 Å². The fourth-order valence-electron chi connectivity index (χ4n) is 3.79. The smallest absolute Gasteiger partial charge is 0.413 e. The Kier molecular flexibility index (Phi) is 9.80. The molecule has 212 valence electrons. The first-order chi connectivity index (χ1) is 17.4. The molecule has 1 aliphatic rings. The van der Waals surface area contributed by atoms with Gasteiger partial charge in [-0.3, -0.25) is 4.90 Å². The fraction of sp³-hybridized carbons (Fsp3) is 0.643. The van der Waals surface area contributed by atoms with Crippen molar-refractivity contribution >= 4 is 24.1 Å². The molecule has 1 N–H and O–H groups in total. The maximum Gasteiger partial charge on any atom is 0.413 e. The molecule has 1 heterocycles. The SMILES string of the molecule is CC(C)(C)OC(=O)N[C@@H](CC[C@H]1C(=O)O[C@@H](C(C)(C)C)N1C(=O)OCc1ccccc1)C(=O)OC(C)(C)C. The van der Waals surface area contributed by atoms with Crippen LogP contribution in [0.25, 0.3) is 0 Å². The first kappa shape index (κ1) is 30.9. The largest absolute Gasteiger partial charge is 0.458 e. The predicted octanol–water partition coefficient (Wildman–Crippen LogP) is 4.94. The van der Waals surface area contributed by atoms with Gasteiger partial charge in [-0.2, -0.15) is 0 Å². The lowest BCUT2D eigenvalue weighted by Crippen LogP contribution is -2.49. The quantitative estimate of drug-likeness (QED) is 0.386. The van der Waals surface area contributed by atoms with Crippen LogP contribution in [0.5, 0.6) is 0 Å². The molecule has 0 saturated carbocycles. The minimum atomic E-state index is -1.12. The highest BCUT2D eigenvalue weighted by Gasteiger charge is 2.51. The Balaban J connectivity index is 2.23. The Labute approximate surface area is 225 Å². The number of carbonyl (C=O) groups is 4. The van der Waals surface area contributed by atoms with E-state index in [-0.39, 0.29) is 19.4 Å². The minimum Gasteiger partial charge on any atom is -0.458 e. The Morgan fingerprint density at radius 1 is 0.947 bits per heavy atom. The summed E-state index contributed by atoms with van der Waals surface area (Å²) in [6, 6.07) is 7.04. The van der Waals surface area contributed by atoms with E-state index in [0.717, 1.165) is 5.56 Å². The highest BCUT2D eigenvalue weighted by molar-refractivity contribution is 5.85. The zero-order valence-electron chi connectivity index (χ0n) is 24.0. The summed E-state index contributed by atoms with van der Waals surface area (Å²) in [4.78, 5) is 52.8. The van der Waals surface area contributed by atoms with Gasteiger partial charge in [0.1, 0.15) is 29.9 Å². The Bertz CT molecular complexity index is 989. The van der Waals surface area contributed by atoms with Gasteiger partial charge in [-0.25, -0.2) is 19.2 Å². The lowest BCUT2D eigenvalue weighted by Gasteiger charge is -2.33. The van der Waals surface area contributed by atoms with Crippen LogP contribution in [0, 0.1) is 5.41 Å². The van der Waals surface area contributed by atoms with Crippen LogP contribution in [0.3, 0.4) is 0 Å². The number of benzene rings is 1. The van der Waals surface area contributed by atoms with E-state index in [0.29, 0.717) is 0 Å². The summed E-state index contributed by atoms with van der Waals surface area (Å²) in [6.07, 6.45) is -2.37. The summed E-state index contributed by atoms with van der Waals surface area (Å²) < 4.78 is 21.9. The van der Waals surface area contributed by atoms with E-state index in [2.05, 4.69) is 5.32 Å². The van der Waals surface area contributed by atoms with Gasteiger partial charge < -0.3 is 24.3 Å². The zero-order chi connectivity index (χ0) is 28.9. The molecule has 0 aromatic heterocycles. The third kappa shape index (κ3) is 9.54. The van der Waals surface area contributed by atoms with E-state index in [4.69, 9.17) is 18.9 Å². The van der Waals surface area contributed by atoms with E-state index in [1.165, 1.54) is 4.90 Å². The Hall–Kier alpha value is -3.30. The number of esters is 2. The van der Waals surface area contributed by atoms with Crippen LogP contribution in [0.1, 0.15) is 80.7 Å². The summed E-state index contributed by atoms with van der Waals surface area (Å²) in [5, 5.41) is 2.54. The van der Waals surface area contributed by atoms with Gasteiger partial charge in [0, 0.05) is 5.41 Å². The van der Waals surface area contributed by atoms with Crippen molar-refractivity contribution in [3.8, 4) is 0 Å². The third-order valence-corrected chi connectivity index (χ3v) is 5.36. The number of nitrogens with one attached hydrogen (secondary N) is 1. The highest BCUT2D eigenvalue weighted by atomic mass is 16.6. The summed E-state index contributed by atoms with van der Waals surface area (Å²) >= 11 is 0. The van der Waals surface area contributed by atoms with Crippen molar-refractivity contribution in [3.05, 3.63) is 35.9 Å². The summed E-state index contributed by atoms with van der Waals surface area (Å²) in [5.74, 6) is -1.29. The van der Waals surface area contributed by atoms with Crippen LogP contribution in [-0.4, -0.2) is 58.5 Å². The molecule has 0 aliphatic carbocycles. The lowest BCUT2D eigenvalue weighted by atomic mass is 9.93. The second-order valence-electron chi connectivity index (χ2n) is 12.4. The summed E-state index contributed by atoms with van der Waals surface area (Å²) in [5.41, 5.74) is -1.39. The van der Waals surface area contributed by atoms with Crippen LogP contribution in [0.15, 0.2) is 30.3 Å². The molecule has 10 heteroatoms. The molecule has 38 heavy (non-hydrogen) atoms. The first-order valence-electron chi connectivity index (χ1n) is 12.8. The predicted molar refractivity (Wildman–Crippen MR) is 140 cm³/mol. The van der Waals surface area contributed by atoms with Crippen molar-refractivity contribution in [2.45, 2.75) is 111 Å². The minimum absolute atomic E-state index is 0.00670. The zero-order valence-corrected chi connectivity index (χ0v) is 24.0. The van der Waals surface area contributed by atoms with Crippen LogP contribution in [0.4, 0.5) is 9.59 Å². The average Bonchev–Trinajstić information content (AvgIpc) is 3.10. The molecular formula is C28H42N2O8. The van der Waals surface area contributed by atoms with Crippen molar-refractivity contribution < 1.29 is 38.1 Å². The molecule has 1 aliphatic heterocycles. The van der Waals surface area contributed by atoms with E-state index in [9.17, 15) is 19.2 Å². The molecule has 3 atom stereocenters. The molecule has 1 fully saturated rings.